The molecule has 0 radical (unpaired) electrons. The van der Waals surface area contributed by atoms with Gasteiger partial charge in [0.05, 0.1) is 5.56 Å². The number of hydrogen-bond donors (Lipinski definition) is 1. The first-order valence-corrected chi connectivity index (χ1v) is 6.69. The minimum absolute atomic E-state index is 0.291. The summed E-state index contributed by atoms with van der Waals surface area (Å²) >= 11 is 5.86. The Morgan fingerprint density at radius 1 is 1.47 bits per heavy atom. The number of halogens is 1. The summed E-state index contributed by atoms with van der Waals surface area (Å²) in [4.78, 5) is 11.7. The van der Waals surface area contributed by atoms with E-state index in [1.54, 1.807) is 12.1 Å². The summed E-state index contributed by atoms with van der Waals surface area (Å²) in [6.07, 6.45) is 3.73. The molecule has 1 amide bonds. The van der Waals surface area contributed by atoms with E-state index in [0.29, 0.717) is 16.3 Å². The van der Waals surface area contributed by atoms with Gasteiger partial charge in [0.2, 0.25) is 0 Å². The number of nitrogens with zero attached hydrogens (tertiary/aromatic N) is 1. The molecule has 3 nitrogen and oxygen atoms in total. The third kappa shape index (κ3) is 3.04. The number of nitrogen functional groups attached to an aromatic ring is 1. The molecule has 5 heteroatoms. The lowest BCUT2D eigenvalue weighted by Crippen LogP contribution is -2.04. The highest BCUT2D eigenvalue weighted by Crippen LogP contribution is 2.23. The van der Waals surface area contributed by atoms with Crippen LogP contribution < -0.4 is 5.73 Å². The van der Waals surface area contributed by atoms with Crippen molar-refractivity contribution in [2.45, 2.75) is 6.92 Å². The van der Waals surface area contributed by atoms with Gasteiger partial charge in [-0.2, -0.15) is 4.36 Å². The van der Waals surface area contributed by atoms with E-state index in [9.17, 15) is 4.79 Å². The number of hydrogen-bond acceptors (Lipinski definition) is 2. The number of nitrogens with two attached hydrogens (primary N) is 1. The molecule has 0 unspecified atom stereocenters. The van der Waals surface area contributed by atoms with Crippen molar-refractivity contribution in [1.82, 2.24) is 0 Å². The lowest BCUT2D eigenvalue weighted by Gasteiger charge is -2.06. The molecule has 0 saturated heterocycles. The van der Waals surface area contributed by atoms with Crippen molar-refractivity contribution >= 4 is 33.9 Å². The van der Waals surface area contributed by atoms with Gasteiger partial charge in [-0.15, -0.1) is 0 Å². The van der Waals surface area contributed by atoms with Crippen LogP contribution in [0.4, 0.5) is 5.69 Å². The summed E-state index contributed by atoms with van der Waals surface area (Å²) in [7, 11) is -0.291. The van der Waals surface area contributed by atoms with Crippen LogP contribution in [0.1, 0.15) is 15.9 Å². The Bertz CT molecular complexity index is 439. The average molecular weight is 245 g/mol. The lowest BCUT2D eigenvalue weighted by atomic mass is 10.1. The van der Waals surface area contributed by atoms with Crippen molar-refractivity contribution < 1.29 is 4.79 Å². The van der Waals surface area contributed by atoms with E-state index in [1.165, 1.54) is 0 Å². The molecule has 0 aliphatic carbocycles. The summed E-state index contributed by atoms with van der Waals surface area (Å²) in [6, 6.07) is 3.29. The van der Waals surface area contributed by atoms with Crippen LogP contribution in [-0.4, -0.2) is 18.4 Å². The largest absolute Gasteiger partial charge is 0.398 e. The highest BCUT2D eigenvalue weighted by molar-refractivity contribution is 7.86. The van der Waals surface area contributed by atoms with E-state index < -0.39 is 0 Å². The summed E-state index contributed by atoms with van der Waals surface area (Å²) in [5.41, 5.74) is 7.44. The molecule has 0 aromatic heterocycles. The van der Waals surface area contributed by atoms with E-state index in [2.05, 4.69) is 4.36 Å². The number of rotatable bonds is 1. The zero-order chi connectivity index (χ0) is 11.6. The van der Waals surface area contributed by atoms with Gasteiger partial charge >= 0.3 is 0 Å². The van der Waals surface area contributed by atoms with Gasteiger partial charge in [-0.05, 0) is 37.1 Å². The third-order valence-corrected chi connectivity index (χ3v) is 2.60. The summed E-state index contributed by atoms with van der Waals surface area (Å²) in [6.45, 7) is 1.82. The van der Waals surface area contributed by atoms with E-state index in [-0.39, 0.29) is 16.6 Å². The zero-order valence-electron chi connectivity index (χ0n) is 8.87. The smallest absolute Gasteiger partial charge is 0.285 e. The molecule has 1 aromatic rings. The van der Waals surface area contributed by atoms with E-state index in [4.69, 9.17) is 17.3 Å². The van der Waals surface area contributed by atoms with E-state index >= 15 is 0 Å². The molecule has 1 aromatic carbocycles. The highest BCUT2D eigenvalue weighted by atomic mass is 35.5. The minimum atomic E-state index is -0.300. The van der Waals surface area contributed by atoms with Gasteiger partial charge in [-0.1, -0.05) is 22.3 Å². The molecule has 0 aliphatic heterocycles. The SMILES string of the molecule is Cc1cc(Cl)cc(C(=O)N=S(C)C)c1N. The summed E-state index contributed by atoms with van der Waals surface area (Å²) in [5, 5.41) is 0.507. The van der Waals surface area contributed by atoms with Crippen LogP contribution >= 0.6 is 11.6 Å². The molecule has 0 saturated carbocycles. The fourth-order valence-corrected chi connectivity index (χ4v) is 1.85. The molecule has 0 fully saturated rings. The van der Waals surface area contributed by atoms with E-state index in [0.717, 1.165) is 5.56 Å². The molecule has 0 bridgehead atoms. The monoisotopic (exact) mass is 244 g/mol. The van der Waals surface area contributed by atoms with Gasteiger partial charge in [-0.3, -0.25) is 4.79 Å². The molecule has 0 spiro atoms. The van der Waals surface area contributed by atoms with Crippen LogP contribution in [0.3, 0.4) is 0 Å². The second kappa shape index (κ2) is 4.77. The molecule has 15 heavy (non-hydrogen) atoms. The van der Waals surface area contributed by atoms with Crippen molar-refractivity contribution in [3.8, 4) is 0 Å². The Morgan fingerprint density at radius 3 is 2.60 bits per heavy atom. The number of amides is 1. The van der Waals surface area contributed by atoms with Crippen LogP contribution in [0.15, 0.2) is 16.5 Å². The number of carbonyl (C=O) groups excluding carboxylic acids is 1. The second-order valence-electron chi connectivity index (χ2n) is 3.35. The molecule has 82 valence electrons. The normalized spacial score (nSPS) is 10.5. The number of anilines is 1. The van der Waals surface area contributed by atoms with Crippen LogP contribution in [0.2, 0.25) is 5.02 Å². The predicted octanol–water partition coefficient (Wildman–Crippen LogP) is 2.43. The summed E-state index contributed by atoms with van der Waals surface area (Å²) < 4.78 is 3.94. The first kappa shape index (κ1) is 12.2. The van der Waals surface area contributed by atoms with Gasteiger partial charge in [-0.25, -0.2) is 0 Å². The fraction of sp³-hybridized carbons (Fsp3) is 0.300. The quantitative estimate of drug-likeness (QED) is 0.772. The Morgan fingerprint density at radius 2 is 2.07 bits per heavy atom. The average Bonchev–Trinajstić information content (AvgIpc) is 2.09. The van der Waals surface area contributed by atoms with Crippen molar-refractivity contribution in [3.05, 3.63) is 28.3 Å². The highest BCUT2D eigenvalue weighted by Gasteiger charge is 2.11. The first-order chi connectivity index (χ1) is 6.91. The molecule has 0 aliphatic rings. The Labute approximate surface area is 96.7 Å². The minimum Gasteiger partial charge on any atom is -0.398 e. The number of aryl methyl sites for hydroxylation is 1. The van der Waals surface area contributed by atoms with Crippen molar-refractivity contribution in [3.63, 3.8) is 0 Å². The lowest BCUT2D eigenvalue weighted by molar-refractivity contribution is 0.101. The second-order valence-corrected chi connectivity index (χ2v) is 5.52. The maximum Gasteiger partial charge on any atom is 0.285 e. The fourth-order valence-electron chi connectivity index (χ4n) is 1.15. The van der Waals surface area contributed by atoms with Gasteiger partial charge < -0.3 is 5.73 Å². The molecule has 0 atom stereocenters. The van der Waals surface area contributed by atoms with Crippen molar-refractivity contribution in [1.29, 1.82) is 0 Å². The van der Waals surface area contributed by atoms with E-state index in [1.807, 2.05) is 19.4 Å². The van der Waals surface area contributed by atoms with Crippen LogP contribution in [0.5, 0.6) is 0 Å². The Kier molecular flexibility index (Phi) is 3.88. The van der Waals surface area contributed by atoms with Crippen LogP contribution in [-0.2, 0) is 10.7 Å². The van der Waals surface area contributed by atoms with Gasteiger partial charge in [0, 0.05) is 10.7 Å². The van der Waals surface area contributed by atoms with Crippen molar-refractivity contribution in [2.24, 2.45) is 4.36 Å². The van der Waals surface area contributed by atoms with Gasteiger partial charge in [0.15, 0.2) is 0 Å². The van der Waals surface area contributed by atoms with Crippen LogP contribution in [0.25, 0.3) is 0 Å². The van der Waals surface area contributed by atoms with Gasteiger partial charge in [0.25, 0.3) is 5.91 Å². The number of carbonyl (C=O) groups is 1. The predicted molar refractivity (Wildman–Crippen MR) is 66.6 cm³/mol. The van der Waals surface area contributed by atoms with Gasteiger partial charge in [0.1, 0.15) is 0 Å². The number of benzene rings is 1. The van der Waals surface area contributed by atoms with Crippen LogP contribution in [0, 0.1) is 6.92 Å². The first-order valence-electron chi connectivity index (χ1n) is 4.31. The topological polar surface area (TPSA) is 55.5 Å². The Hall–Kier alpha value is -0.870. The Balaban J connectivity index is 3.26. The molecule has 1 rings (SSSR count). The molecular weight excluding hydrogens is 232 g/mol. The maximum atomic E-state index is 11.7. The molecule has 2 N–H and O–H groups in total. The standard InChI is InChI=1S/C10H13ClN2OS/c1-6-4-7(11)5-8(9(6)12)10(14)13-15(2)3/h4-5H,12H2,1-3H3. The third-order valence-electron chi connectivity index (χ3n) is 1.85. The summed E-state index contributed by atoms with van der Waals surface area (Å²) in [5.74, 6) is -0.300. The zero-order valence-corrected chi connectivity index (χ0v) is 10.4. The van der Waals surface area contributed by atoms with Crippen molar-refractivity contribution in [2.75, 3.05) is 18.2 Å². The molecular formula is C10H13ClN2OS. The maximum absolute atomic E-state index is 11.7. The molecule has 0 heterocycles.